The zero-order valence-electron chi connectivity index (χ0n) is 12.6. The van der Waals surface area contributed by atoms with Crippen molar-refractivity contribution in [2.45, 2.75) is 25.4 Å². The zero-order valence-corrected chi connectivity index (χ0v) is 13.4. The quantitative estimate of drug-likeness (QED) is 0.756. The van der Waals surface area contributed by atoms with E-state index in [9.17, 15) is 14.7 Å². The van der Waals surface area contributed by atoms with Crippen molar-refractivity contribution < 1.29 is 14.7 Å². The smallest absolute Gasteiger partial charge is 0.220 e. The molecule has 2 rings (SSSR count). The highest BCUT2D eigenvalue weighted by atomic mass is 32.1. The van der Waals surface area contributed by atoms with E-state index in [1.165, 1.54) is 11.3 Å². The third-order valence-electron chi connectivity index (χ3n) is 3.33. The SMILES string of the molecule is Cn1cc(C(C)(O)CNC(=O)CCC(=O)c2cccs2)cn1. The third-order valence-corrected chi connectivity index (χ3v) is 4.24. The van der Waals surface area contributed by atoms with Crippen LogP contribution in [0.5, 0.6) is 0 Å². The van der Waals surface area contributed by atoms with Crippen molar-refractivity contribution in [3.63, 3.8) is 0 Å². The van der Waals surface area contributed by atoms with E-state index < -0.39 is 5.60 Å². The molecule has 0 saturated carbocycles. The van der Waals surface area contributed by atoms with E-state index in [0.717, 1.165) is 0 Å². The van der Waals surface area contributed by atoms with Crippen LogP contribution in [0.3, 0.4) is 0 Å². The Bertz CT molecular complexity index is 647. The van der Waals surface area contributed by atoms with Crippen molar-refractivity contribution in [2.75, 3.05) is 6.54 Å². The summed E-state index contributed by atoms with van der Waals surface area (Å²) < 4.78 is 1.59. The lowest BCUT2D eigenvalue weighted by Crippen LogP contribution is -2.38. The van der Waals surface area contributed by atoms with Crippen LogP contribution in [-0.2, 0) is 17.4 Å². The van der Waals surface area contributed by atoms with E-state index in [2.05, 4.69) is 10.4 Å². The van der Waals surface area contributed by atoms with E-state index in [1.54, 1.807) is 37.1 Å². The lowest BCUT2D eigenvalue weighted by Gasteiger charge is -2.22. The van der Waals surface area contributed by atoms with Crippen LogP contribution in [0.2, 0.25) is 0 Å². The molecule has 118 valence electrons. The number of nitrogens with zero attached hydrogens (tertiary/aromatic N) is 2. The number of carbonyl (C=O) groups excluding carboxylic acids is 2. The molecule has 0 fully saturated rings. The first-order valence-electron chi connectivity index (χ1n) is 6.93. The van der Waals surface area contributed by atoms with Gasteiger partial charge in [-0.1, -0.05) is 6.07 Å². The molecule has 1 unspecified atom stereocenters. The first-order chi connectivity index (χ1) is 10.4. The first-order valence-corrected chi connectivity index (χ1v) is 7.81. The van der Waals surface area contributed by atoms with Crippen molar-refractivity contribution in [1.82, 2.24) is 15.1 Å². The summed E-state index contributed by atoms with van der Waals surface area (Å²) in [6.07, 6.45) is 3.54. The molecule has 0 bridgehead atoms. The van der Waals surface area contributed by atoms with Crippen molar-refractivity contribution in [2.24, 2.45) is 7.05 Å². The number of aromatic nitrogens is 2. The molecule has 0 spiro atoms. The minimum absolute atomic E-state index is 0.0378. The summed E-state index contributed by atoms with van der Waals surface area (Å²) in [5.41, 5.74) is -0.563. The molecule has 2 heterocycles. The van der Waals surface area contributed by atoms with Gasteiger partial charge < -0.3 is 10.4 Å². The second-order valence-corrected chi connectivity index (χ2v) is 6.30. The predicted molar refractivity (Wildman–Crippen MR) is 83.7 cm³/mol. The van der Waals surface area contributed by atoms with Crippen molar-refractivity contribution in [3.05, 3.63) is 40.3 Å². The number of Topliss-reactive ketones (excluding diaryl/α,β-unsaturated/α-hetero) is 1. The minimum Gasteiger partial charge on any atom is -0.383 e. The van der Waals surface area contributed by atoms with E-state index in [4.69, 9.17) is 0 Å². The average molecular weight is 321 g/mol. The lowest BCUT2D eigenvalue weighted by molar-refractivity contribution is -0.122. The number of aryl methyl sites for hydroxylation is 1. The number of ketones is 1. The number of hydrogen-bond donors (Lipinski definition) is 2. The summed E-state index contributed by atoms with van der Waals surface area (Å²) in [7, 11) is 1.76. The number of hydrogen-bond acceptors (Lipinski definition) is 5. The number of amides is 1. The first kappa shape index (κ1) is 16.4. The Labute approximate surface area is 132 Å². The molecular weight excluding hydrogens is 302 g/mol. The van der Waals surface area contributed by atoms with Crippen LogP contribution in [0.1, 0.15) is 35.0 Å². The molecule has 2 N–H and O–H groups in total. The Morgan fingerprint density at radius 2 is 2.23 bits per heavy atom. The van der Waals surface area contributed by atoms with Gasteiger partial charge in [0.15, 0.2) is 5.78 Å². The number of nitrogens with one attached hydrogen (secondary N) is 1. The standard InChI is InChI=1S/C15H19N3O3S/c1-15(21,11-8-17-18(2)9-11)10-16-14(20)6-5-12(19)13-4-3-7-22-13/h3-4,7-9,21H,5-6,10H2,1-2H3,(H,16,20). The Kier molecular flexibility index (Phi) is 5.10. The van der Waals surface area contributed by atoms with Crippen LogP contribution in [0.4, 0.5) is 0 Å². The molecule has 1 atom stereocenters. The van der Waals surface area contributed by atoms with Crippen molar-refractivity contribution in [3.8, 4) is 0 Å². The molecule has 6 nitrogen and oxygen atoms in total. The number of thiophene rings is 1. The van der Waals surface area contributed by atoms with Crippen molar-refractivity contribution in [1.29, 1.82) is 0 Å². The molecular formula is C15H19N3O3S. The summed E-state index contributed by atoms with van der Waals surface area (Å²) in [6.45, 7) is 1.69. The van der Waals surface area contributed by atoms with Gasteiger partial charge in [-0.3, -0.25) is 14.3 Å². The number of carbonyl (C=O) groups is 2. The molecule has 2 aromatic rings. The maximum absolute atomic E-state index is 11.8. The summed E-state index contributed by atoms with van der Waals surface area (Å²) in [5, 5.41) is 18.8. The molecule has 22 heavy (non-hydrogen) atoms. The van der Waals surface area contributed by atoms with Crippen LogP contribution >= 0.6 is 11.3 Å². The molecule has 7 heteroatoms. The molecule has 0 aliphatic heterocycles. The summed E-state index contributed by atoms with van der Waals surface area (Å²) in [5.74, 6) is -0.293. The zero-order chi connectivity index (χ0) is 16.2. The minimum atomic E-state index is -1.19. The summed E-state index contributed by atoms with van der Waals surface area (Å²) in [4.78, 5) is 24.3. The molecule has 1 amide bonds. The lowest BCUT2D eigenvalue weighted by atomic mass is 9.99. The third kappa shape index (κ3) is 4.25. The fourth-order valence-corrected chi connectivity index (χ4v) is 2.64. The van der Waals surface area contributed by atoms with Gasteiger partial charge in [-0.05, 0) is 18.4 Å². The van der Waals surface area contributed by atoms with Crippen LogP contribution < -0.4 is 5.32 Å². The molecule has 0 saturated heterocycles. The van der Waals surface area contributed by atoms with Gasteiger partial charge in [0.25, 0.3) is 0 Å². The van der Waals surface area contributed by atoms with E-state index in [1.807, 2.05) is 11.4 Å². The second kappa shape index (κ2) is 6.85. The predicted octanol–water partition coefficient (Wildman–Crippen LogP) is 1.47. The van der Waals surface area contributed by atoms with Crippen molar-refractivity contribution >= 4 is 23.0 Å². The van der Waals surface area contributed by atoms with Crippen LogP contribution in [-0.4, -0.2) is 33.1 Å². The molecule has 0 aliphatic carbocycles. The van der Waals surface area contributed by atoms with E-state index in [-0.39, 0.29) is 31.1 Å². The monoisotopic (exact) mass is 321 g/mol. The van der Waals surface area contributed by atoms with Crippen LogP contribution in [0, 0.1) is 0 Å². The highest BCUT2D eigenvalue weighted by Crippen LogP contribution is 2.18. The van der Waals surface area contributed by atoms with Gasteiger partial charge in [0.2, 0.25) is 5.91 Å². The Balaban J connectivity index is 1.79. The van der Waals surface area contributed by atoms with Crippen LogP contribution in [0.25, 0.3) is 0 Å². The van der Waals surface area contributed by atoms with Gasteiger partial charge in [0.1, 0.15) is 5.60 Å². The van der Waals surface area contributed by atoms with Gasteiger partial charge in [-0.25, -0.2) is 0 Å². The van der Waals surface area contributed by atoms with Gasteiger partial charge >= 0.3 is 0 Å². The molecule has 0 radical (unpaired) electrons. The number of rotatable bonds is 7. The van der Waals surface area contributed by atoms with Gasteiger partial charge in [0.05, 0.1) is 17.6 Å². The maximum atomic E-state index is 11.8. The fourth-order valence-electron chi connectivity index (χ4n) is 1.95. The van der Waals surface area contributed by atoms with Gasteiger partial charge in [-0.15, -0.1) is 11.3 Å². The summed E-state index contributed by atoms with van der Waals surface area (Å²) in [6, 6.07) is 3.56. The highest BCUT2D eigenvalue weighted by Gasteiger charge is 2.25. The Morgan fingerprint density at radius 1 is 1.45 bits per heavy atom. The largest absolute Gasteiger partial charge is 0.383 e. The number of aliphatic hydroxyl groups is 1. The fraction of sp³-hybridized carbons (Fsp3) is 0.400. The van der Waals surface area contributed by atoms with Gasteiger partial charge in [0, 0.05) is 31.6 Å². The maximum Gasteiger partial charge on any atom is 0.220 e. The normalized spacial score (nSPS) is 13.6. The topological polar surface area (TPSA) is 84.2 Å². The Morgan fingerprint density at radius 3 is 2.82 bits per heavy atom. The second-order valence-electron chi connectivity index (χ2n) is 5.35. The van der Waals surface area contributed by atoms with Gasteiger partial charge in [-0.2, -0.15) is 5.10 Å². The summed E-state index contributed by atoms with van der Waals surface area (Å²) >= 11 is 1.37. The van der Waals surface area contributed by atoms with E-state index >= 15 is 0 Å². The highest BCUT2D eigenvalue weighted by molar-refractivity contribution is 7.12. The molecule has 0 aliphatic rings. The Hall–Kier alpha value is -1.99. The molecule has 0 aromatic carbocycles. The van der Waals surface area contributed by atoms with E-state index in [0.29, 0.717) is 10.4 Å². The molecule has 2 aromatic heterocycles. The van der Waals surface area contributed by atoms with Crippen LogP contribution in [0.15, 0.2) is 29.9 Å². The average Bonchev–Trinajstić information content (AvgIpc) is 3.14.